The number of rotatable bonds is 10. The number of thioether (sulfide) groups is 1. The van der Waals surface area contributed by atoms with Gasteiger partial charge in [0.15, 0.2) is 0 Å². The van der Waals surface area contributed by atoms with Crippen LogP contribution in [0.25, 0.3) is 0 Å². The van der Waals surface area contributed by atoms with E-state index in [1.165, 1.54) is 16.7 Å². The van der Waals surface area contributed by atoms with Crippen LogP contribution < -0.4 is 10.1 Å². The van der Waals surface area contributed by atoms with E-state index < -0.39 is 0 Å². The molecule has 0 amide bonds. The molecule has 0 bridgehead atoms. The van der Waals surface area contributed by atoms with Gasteiger partial charge in [-0.05, 0) is 53.6 Å². The summed E-state index contributed by atoms with van der Waals surface area (Å²) in [5, 5.41) is 15.8. The molecule has 1 aromatic heterocycles. The minimum absolute atomic E-state index is 0.589. The standard InChI is InChI=1S/C20H25N5OS/c1-16-7-9-17(10-8-16)15-26-19-6-3-5-18(13-19)14-21-11-4-12-27-20-22-23-24-25(20)2/h3,5-10,13,21H,4,11-12,14-15H2,1-2H3. The van der Waals surface area contributed by atoms with Crippen molar-refractivity contribution in [2.24, 2.45) is 7.05 Å². The van der Waals surface area contributed by atoms with Crippen LogP contribution in [-0.2, 0) is 20.2 Å². The predicted octanol–water partition coefficient (Wildman–Crippen LogP) is 3.37. The second-order valence-electron chi connectivity index (χ2n) is 6.39. The SMILES string of the molecule is Cc1ccc(COc2cccc(CNCCCSc3nnnn3C)c2)cc1. The summed E-state index contributed by atoms with van der Waals surface area (Å²) in [7, 11) is 1.86. The molecule has 2 aromatic carbocycles. The van der Waals surface area contributed by atoms with Crippen LogP contribution >= 0.6 is 11.8 Å². The van der Waals surface area contributed by atoms with Gasteiger partial charge in [0, 0.05) is 19.3 Å². The molecule has 1 N–H and O–H groups in total. The molecule has 7 heteroatoms. The van der Waals surface area contributed by atoms with Gasteiger partial charge in [-0.25, -0.2) is 4.68 Å². The summed E-state index contributed by atoms with van der Waals surface area (Å²) in [5.74, 6) is 1.89. The van der Waals surface area contributed by atoms with Gasteiger partial charge in [-0.3, -0.25) is 0 Å². The third-order valence-electron chi connectivity index (χ3n) is 4.06. The number of nitrogens with one attached hydrogen (secondary N) is 1. The minimum atomic E-state index is 0.589. The Hall–Kier alpha value is -2.38. The molecule has 0 aliphatic carbocycles. The second-order valence-corrected chi connectivity index (χ2v) is 7.45. The average Bonchev–Trinajstić information content (AvgIpc) is 3.09. The third-order valence-corrected chi connectivity index (χ3v) is 5.16. The highest BCUT2D eigenvalue weighted by molar-refractivity contribution is 7.99. The first-order chi connectivity index (χ1) is 13.2. The molecule has 0 spiro atoms. The number of nitrogens with zero attached hydrogens (tertiary/aromatic N) is 4. The van der Waals surface area contributed by atoms with Gasteiger partial charge in [0.2, 0.25) is 5.16 Å². The molecule has 0 fully saturated rings. The van der Waals surface area contributed by atoms with Crippen LogP contribution in [0.2, 0.25) is 0 Å². The van der Waals surface area contributed by atoms with Crippen LogP contribution in [0, 0.1) is 6.92 Å². The Morgan fingerprint density at radius 2 is 1.96 bits per heavy atom. The molecule has 142 valence electrons. The van der Waals surface area contributed by atoms with E-state index in [0.29, 0.717) is 6.61 Å². The van der Waals surface area contributed by atoms with Gasteiger partial charge >= 0.3 is 0 Å². The van der Waals surface area contributed by atoms with Crippen molar-refractivity contribution in [2.45, 2.75) is 31.7 Å². The number of tetrazole rings is 1. The molecule has 3 aromatic rings. The van der Waals surface area contributed by atoms with Gasteiger partial charge in [0.1, 0.15) is 12.4 Å². The Bertz CT molecular complexity index is 834. The maximum Gasteiger partial charge on any atom is 0.209 e. The third kappa shape index (κ3) is 6.37. The van der Waals surface area contributed by atoms with Gasteiger partial charge in [0.25, 0.3) is 0 Å². The Balaban J connectivity index is 1.36. The largest absolute Gasteiger partial charge is 0.489 e. The summed E-state index contributed by atoms with van der Waals surface area (Å²) in [5.41, 5.74) is 3.67. The Morgan fingerprint density at radius 3 is 2.74 bits per heavy atom. The van der Waals surface area contributed by atoms with Gasteiger partial charge < -0.3 is 10.1 Å². The van der Waals surface area contributed by atoms with Crippen LogP contribution in [-0.4, -0.2) is 32.5 Å². The first-order valence-corrected chi connectivity index (χ1v) is 10.0. The number of aryl methyl sites for hydroxylation is 2. The summed E-state index contributed by atoms with van der Waals surface area (Å²) in [6.07, 6.45) is 1.06. The van der Waals surface area contributed by atoms with Crippen LogP contribution in [0.4, 0.5) is 0 Å². The molecule has 0 aliphatic rings. The fourth-order valence-corrected chi connectivity index (χ4v) is 3.32. The number of hydrogen-bond acceptors (Lipinski definition) is 6. The monoisotopic (exact) mass is 383 g/mol. The molecule has 6 nitrogen and oxygen atoms in total. The number of aromatic nitrogens is 4. The highest BCUT2D eigenvalue weighted by atomic mass is 32.2. The van der Waals surface area contributed by atoms with Gasteiger partial charge in [-0.1, -0.05) is 53.7 Å². The van der Waals surface area contributed by atoms with E-state index in [1.807, 2.05) is 19.2 Å². The van der Waals surface area contributed by atoms with E-state index in [-0.39, 0.29) is 0 Å². The number of benzene rings is 2. The molecule has 0 unspecified atom stereocenters. The summed E-state index contributed by atoms with van der Waals surface area (Å²) in [6.45, 7) is 4.46. The summed E-state index contributed by atoms with van der Waals surface area (Å²) in [4.78, 5) is 0. The average molecular weight is 384 g/mol. The smallest absolute Gasteiger partial charge is 0.209 e. The minimum Gasteiger partial charge on any atom is -0.489 e. The van der Waals surface area contributed by atoms with Crippen LogP contribution in [0.15, 0.2) is 53.7 Å². The van der Waals surface area contributed by atoms with E-state index in [2.05, 4.69) is 64.2 Å². The zero-order chi connectivity index (χ0) is 18.9. The zero-order valence-electron chi connectivity index (χ0n) is 15.8. The highest BCUT2D eigenvalue weighted by Crippen LogP contribution is 2.16. The number of ether oxygens (including phenoxy) is 1. The Morgan fingerprint density at radius 1 is 1.11 bits per heavy atom. The lowest BCUT2D eigenvalue weighted by Gasteiger charge is -2.09. The highest BCUT2D eigenvalue weighted by Gasteiger charge is 2.02. The molecule has 3 rings (SSSR count). The molecular formula is C20H25N5OS. The van der Waals surface area contributed by atoms with Crippen molar-refractivity contribution in [1.82, 2.24) is 25.5 Å². The molecule has 1 heterocycles. The van der Waals surface area contributed by atoms with Crippen LogP contribution in [0.3, 0.4) is 0 Å². The summed E-state index contributed by atoms with van der Waals surface area (Å²) >= 11 is 1.67. The van der Waals surface area contributed by atoms with Crippen molar-refractivity contribution in [3.8, 4) is 5.75 Å². The quantitative estimate of drug-likeness (QED) is 0.428. The molecule has 0 radical (unpaired) electrons. The first kappa shape index (κ1) is 19.4. The molecule has 27 heavy (non-hydrogen) atoms. The van der Waals surface area contributed by atoms with E-state index >= 15 is 0 Å². The number of hydrogen-bond donors (Lipinski definition) is 1. The van der Waals surface area contributed by atoms with Crippen molar-refractivity contribution in [3.63, 3.8) is 0 Å². The van der Waals surface area contributed by atoms with Crippen molar-refractivity contribution in [3.05, 3.63) is 65.2 Å². The Kier molecular flexibility index (Phi) is 7.24. The van der Waals surface area contributed by atoms with E-state index in [1.54, 1.807) is 16.4 Å². The van der Waals surface area contributed by atoms with Gasteiger partial charge in [0.05, 0.1) is 0 Å². The topological polar surface area (TPSA) is 64.9 Å². The van der Waals surface area contributed by atoms with Crippen molar-refractivity contribution in [1.29, 1.82) is 0 Å². The van der Waals surface area contributed by atoms with Crippen molar-refractivity contribution >= 4 is 11.8 Å². The lowest BCUT2D eigenvalue weighted by molar-refractivity contribution is 0.306. The van der Waals surface area contributed by atoms with E-state index in [9.17, 15) is 0 Å². The summed E-state index contributed by atoms with van der Waals surface area (Å²) in [6, 6.07) is 16.7. The first-order valence-electron chi connectivity index (χ1n) is 9.04. The lowest BCUT2D eigenvalue weighted by Crippen LogP contribution is -2.15. The van der Waals surface area contributed by atoms with Crippen LogP contribution in [0.5, 0.6) is 5.75 Å². The van der Waals surface area contributed by atoms with Crippen molar-refractivity contribution in [2.75, 3.05) is 12.3 Å². The fraction of sp³-hybridized carbons (Fsp3) is 0.350. The lowest BCUT2D eigenvalue weighted by atomic mass is 10.2. The molecule has 0 atom stereocenters. The normalized spacial score (nSPS) is 10.9. The van der Waals surface area contributed by atoms with Crippen LogP contribution in [0.1, 0.15) is 23.1 Å². The fourth-order valence-electron chi connectivity index (χ4n) is 2.53. The molecule has 0 saturated heterocycles. The van der Waals surface area contributed by atoms with E-state index in [0.717, 1.165) is 36.2 Å². The second kappa shape index (κ2) is 10.1. The molecule has 0 aliphatic heterocycles. The molecule has 0 saturated carbocycles. The van der Waals surface area contributed by atoms with E-state index in [4.69, 9.17) is 4.74 Å². The van der Waals surface area contributed by atoms with Crippen molar-refractivity contribution < 1.29 is 4.74 Å². The van der Waals surface area contributed by atoms with Gasteiger partial charge in [-0.15, -0.1) is 5.10 Å². The maximum absolute atomic E-state index is 5.92. The predicted molar refractivity (Wildman–Crippen MR) is 108 cm³/mol. The molecular weight excluding hydrogens is 358 g/mol. The summed E-state index contributed by atoms with van der Waals surface area (Å²) < 4.78 is 7.61. The van der Waals surface area contributed by atoms with Gasteiger partial charge in [-0.2, -0.15) is 0 Å². The zero-order valence-corrected chi connectivity index (χ0v) is 16.6. The Labute approximate surface area is 164 Å². The maximum atomic E-state index is 5.92.